The quantitative estimate of drug-likeness (QED) is 0.695. The molecule has 0 saturated carbocycles. The summed E-state index contributed by atoms with van der Waals surface area (Å²) in [5, 5.41) is 10.7. The second-order valence-electron chi connectivity index (χ2n) is 6.14. The molecule has 1 N–H and O–H groups in total. The zero-order valence-corrected chi connectivity index (χ0v) is 15.5. The highest BCUT2D eigenvalue weighted by Gasteiger charge is 2.15. The van der Waals surface area contributed by atoms with E-state index in [1.54, 1.807) is 0 Å². The fourth-order valence-electron chi connectivity index (χ4n) is 2.91. The molecule has 4 nitrogen and oxygen atoms in total. The second kappa shape index (κ2) is 6.77. The zero-order chi connectivity index (χ0) is 18.1. The van der Waals surface area contributed by atoms with Crippen molar-refractivity contribution in [3.8, 4) is 5.88 Å². The van der Waals surface area contributed by atoms with Gasteiger partial charge >= 0.3 is 0 Å². The third-order valence-corrected chi connectivity index (χ3v) is 5.34. The molecule has 2 aromatic carbocycles. The summed E-state index contributed by atoms with van der Waals surface area (Å²) in [6.45, 7) is 4.71. The molecule has 1 aliphatic rings. The molecule has 0 atom stereocenters. The first-order valence-corrected chi connectivity index (χ1v) is 9.36. The highest BCUT2D eigenvalue weighted by atomic mass is 32.1. The fraction of sp³-hybridized carbons (Fsp3) is 0.143. The first-order valence-electron chi connectivity index (χ1n) is 8.55. The van der Waals surface area contributed by atoms with Gasteiger partial charge in [0.05, 0.1) is 16.3 Å². The van der Waals surface area contributed by atoms with Gasteiger partial charge in [-0.3, -0.25) is 9.56 Å². The van der Waals surface area contributed by atoms with Crippen LogP contribution in [0, 0.1) is 6.92 Å². The number of fused-ring (bicyclic) bond motifs is 1. The highest BCUT2D eigenvalue weighted by Crippen LogP contribution is 2.34. The molecule has 3 aromatic rings. The Morgan fingerprint density at radius 1 is 1.15 bits per heavy atom. The summed E-state index contributed by atoms with van der Waals surface area (Å²) in [5.74, 6) is 0.244. The van der Waals surface area contributed by atoms with E-state index in [1.807, 2.05) is 72.3 Å². The predicted octanol–water partition coefficient (Wildman–Crippen LogP) is 5.07. The van der Waals surface area contributed by atoms with Crippen LogP contribution in [0.3, 0.4) is 0 Å². The topological polar surface area (TPSA) is 49.9 Å². The summed E-state index contributed by atoms with van der Waals surface area (Å²) < 4.78 is 1.83. The van der Waals surface area contributed by atoms with Crippen LogP contribution in [-0.4, -0.2) is 15.9 Å². The Hall–Kier alpha value is -2.92. The van der Waals surface area contributed by atoms with Gasteiger partial charge in [0.2, 0.25) is 5.88 Å². The van der Waals surface area contributed by atoms with Gasteiger partial charge in [0.25, 0.3) is 0 Å². The average Bonchev–Trinajstić information content (AvgIpc) is 3.19. The highest BCUT2D eigenvalue weighted by molar-refractivity contribution is 7.10. The van der Waals surface area contributed by atoms with E-state index in [-0.39, 0.29) is 5.88 Å². The van der Waals surface area contributed by atoms with Gasteiger partial charge in [-0.25, -0.2) is 4.99 Å². The van der Waals surface area contributed by atoms with Crippen LogP contribution in [0.25, 0.3) is 11.6 Å². The smallest absolute Gasteiger partial charge is 0.211 e. The van der Waals surface area contributed by atoms with E-state index in [0.717, 1.165) is 32.2 Å². The van der Waals surface area contributed by atoms with Gasteiger partial charge in [0.15, 0.2) is 4.80 Å². The maximum absolute atomic E-state index is 10.7. The van der Waals surface area contributed by atoms with Gasteiger partial charge in [0, 0.05) is 23.9 Å². The maximum Gasteiger partial charge on any atom is 0.211 e. The zero-order valence-electron chi connectivity index (χ0n) is 14.7. The molecule has 0 bridgehead atoms. The van der Waals surface area contributed by atoms with E-state index in [9.17, 15) is 5.11 Å². The maximum atomic E-state index is 10.7. The number of aliphatic imine (C=N–C) groups is 1. The monoisotopic (exact) mass is 361 g/mol. The van der Waals surface area contributed by atoms with Crippen LogP contribution in [0.1, 0.15) is 22.9 Å². The van der Waals surface area contributed by atoms with Gasteiger partial charge in [0.1, 0.15) is 0 Å². The van der Waals surface area contributed by atoms with Crippen molar-refractivity contribution in [2.45, 2.75) is 20.4 Å². The standard InChI is InChI=1S/C21H19N3OS/c1-3-24-20(25)19(12-15-13-22-18-7-5-4-6-17(15)18)26-21(24)23-16-10-8-14(2)9-11-16/h4-13,25H,3H2,1-2H3/b15-12+,23-21?. The lowest BCUT2D eigenvalue weighted by molar-refractivity contribution is 0.416. The summed E-state index contributed by atoms with van der Waals surface area (Å²) in [6.07, 6.45) is 3.83. The Kier molecular flexibility index (Phi) is 4.31. The lowest BCUT2D eigenvalue weighted by Crippen LogP contribution is -2.12. The van der Waals surface area contributed by atoms with E-state index >= 15 is 0 Å². The number of hydrogen-bond acceptors (Lipinski definition) is 4. The number of benzene rings is 2. The number of nitrogens with zero attached hydrogens (tertiary/aromatic N) is 3. The van der Waals surface area contributed by atoms with Gasteiger partial charge in [-0.1, -0.05) is 47.2 Å². The first kappa shape index (κ1) is 16.5. The van der Waals surface area contributed by atoms with Crippen LogP contribution >= 0.6 is 11.3 Å². The fourth-order valence-corrected chi connectivity index (χ4v) is 3.97. The van der Waals surface area contributed by atoms with Crippen LogP contribution in [-0.2, 0) is 6.54 Å². The minimum absolute atomic E-state index is 0.244. The molecule has 0 aliphatic carbocycles. The molecule has 130 valence electrons. The Morgan fingerprint density at radius 2 is 1.92 bits per heavy atom. The normalized spacial score (nSPS) is 15.0. The molecule has 26 heavy (non-hydrogen) atoms. The lowest BCUT2D eigenvalue weighted by atomic mass is 10.1. The van der Waals surface area contributed by atoms with Crippen LogP contribution in [0.15, 0.2) is 58.5 Å². The lowest BCUT2D eigenvalue weighted by Gasteiger charge is -2.01. The number of para-hydroxylation sites is 1. The molecule has 0 saturated heterocycles. The van der Waals surface area contributed by atoms with Crippen LogP contribution < -0.4 is 4.80 Å². The van der Waals surface area contributed by atoms with Crippen molar-refractivity contribution in [2.24, 2.45) is 9.98 Å². The van der Waals surface area contributed by atoms with E-state index in [4.69, 9.17) is 4.99 Å². The van der Waals surface area contributed by atoms with E-state index in [1.165, 1.54) is 16.9 Å². The van der Waals surface area contributed by atoms with Gasteiger partial charge in [-0.05, 0) is 38.1 Å². The molecular weight excluding hydrogens is 342 g/mol. The molecule has 0 radical (unpaired) electrons. The summed E-state index contributed by atoms with van der Waals surface area (Å²) in [5.41, 5.74) is 5.13. The van der Waals surface area contributed by atoms with Gasteiger partial charge in [-0.2, -0.15) is 0 Å². The van der Waals surface area contributed by atoms with Crippen molar-refractivity contribution < 1.29 is 5.11 Å². The molecule has 0 fully saturated rings. The Morgan fingerprint density at radius 3 is 2.69 bits per heavy atom. The van der Waals surface area contributed by atoms with Crippen molar-refractivity contribution in [3.05, 3.63) is 69.3 Å². The molecule has 0 spiro atoms. The molecular formula is C21H19N3OS. The SMILES string of the molecule is CCn1c(O)c(/C=C2\C=Nc3ccccc32)sc1=Nc1ccc(C)cc1. The van der Waals surface area contributed by atoms with Crippen LogP contribution in [0.5, 0.6) is 5.88 Å². The number of thiazole rings is 1. The largest absolute Gasteiger partial charge is 0.493 e. The Balaban J connectivity index is 1.80. The molecule has 1 aliphatic heterocycles. The van der Waals surface area contributed by atoms with Crippen molar-refractivity contribution in [1.29, 1.82) is 0 Å². The van der Waals surface area contributed by atoms with Gasteiger partial charge < -0.3 is 5.11 Å². The first-order chi connectivity index (χ1) is 12.7. The minimum Gasteiger partial charge on any atom is -0.493 e. The van der Waals surface area contributed by atoms with Crippen molar-refractivity contribution in [3.63, 3.8) is 0 Å². The van der Waals surface area contributed by atoms with Crippen molar-refractivity contribution in [2.75, 3.05) is 0 Å². The molecule has 4 rings (SSSR count). The molecule has 1 aromatic heterocycles. The molecule has 0 amide bonds. The summed E-state index contributed by atoms with van der Waals surface area (Å²) in [7, 11) is 0. The second-order valence-corrected chi connectivity index (χ2v) is 7.15. The number of aryl methyl sites for hydroxylation is 1. The molecule has 5 heteroatoms. The number of aromatic hydroxyl groups is 1. The third kappa shape index (κ3) is 3.02. The predicted molar refractivity (Wildman–Crippen MR) is 109 cm³/mol. The average molecular weight is 361 g/mol. The summed E-state index contributed by atoms with van der Waals surface area (Å²) in [6, 6.07) is 16.1. The Bertz CT molecular complexity index is 1090. The van der Waals surface area contributed by atoms with Crippen LogP contribution in [0.2, 0.25) is 0 Å². The number of allylic oxidation sites excluding steroid dienone is 1. The molecule has 0 unspecified atom stereocenters. The number of aromatic nitrogens is 1. The number of rotatable bonds is 3. The minimum atomic E-state index is 0.244. The Labute approximate surface area is 156 Å². The van der Waals surface area contributed by atoms with Crippen molar-refractivity contribution in [1.82, 2.24) is 4.57 Å². The van der Waals surface area contributed by atoms with Gasteiger partial charge in [-0.15, -0.1) is 0 Å². The number of hydrogen-bond donors (Lipinski definition) is 1. The summed E-state index contributed by atoms with van der Waals surface area (Å²) >= 11 is 1.48. The van der Waals surface area contributed by atoms with E-state index < -0.39 is 0 Å². The van der Waals surface area contributed by atoms with Crippen molar-refractivity contribution >= 4 is 40.6 Å². The van der Waals surface area contributed by atoms with Crippen LogP contribution in [0.4, 0.5) is 11.4 Å². The van der Waals surface area contributed by atoms with E-state index in [2.05, 4.69) is 11.9 Å². The summed E-state index contributed by atoms with van der Waals surface area (Å²) in [4.78, 5) is 10.7. The van der Waals surface area contributed by atoms with E-state index in [0.29, 0.717) is 6.54 Å². The molecule has 2 heterocycles. The third-order valence-electron chi connectivity index (χ3n) is 4.33.